The van der Waals surface area contributed by atoms with Gasteiger partial charge in [0.1, 0.15) is 6.33 Å². The Labute approximate surface area is 151 Å². The van der Waals surface area contributed by atoms with Crippen LogP contribution in [0.15, 0.2) is 35.5 Å². The van der Waals surface area contributed by atoms with Crippen LogP contribution >= 0.6 is 0 Å². The SMILES string of the molecule is CCc1cc2ncc(CN3CC=C(c4nncn4C)CC3)cc2[nH]c1=O. The Morgan fingerprint density at radius 1 is 1.31 bits per heavy atom. The van der Waals surface area contributed by atoms with Crippen LogP contribution in [0.4, 0.5) is 0 Å². The maximum atomic E-state index is 12.0. The molecule has 0 unspecified atom stereocenters. The first-order valence-corrected chi connectivity index (χ1v) is 8.90. The van der Waals surface area contributed by atoms with E-state index in [1.54, 1.807) is 6.33 Å². The molecule has 0 atom stereocenters. The Morgan fingerprint density at radius 2 is 2.19 bits per heavy atom. The van der Waals surface area contributed by atoms with Gasteiger partial charge in [0.05, 0.1) is 11.0 Å². The predicted molar refractivity (Wildman–Crippen MR) is 101 cm³/mol. The largest absolute Gasteiger partial charge is 0.320 e. The molecule has 0 saturated carbocycles. The van der Waals surface area contributed by atoms with Gasteiger partial charge in [-0.3, -0.25) is 14.7 Å². The lowest BCUT2D eigenvalue weighted by molar-refractivity contribution is 0.293. The molecule has 0 bridgehead atoms. The number of pyridine rings is 2. The molecule has 1 N–H and O–H groups in total. The summed E-state index contributed by atoms with van der Waals surface area (Å²) in [5, 5.41) is 8.14. The van der Waals surface area contributed by atoms with Crippen LogP contribution in [0.5, 0.6) is 0 Å². The molecule has 7 heteroatoms. The van der Waals surface area contributed by atoms with E-state index in [0.29, 0.717) is 6.42 Å². The molecule has 3 aromatic rings. The van der Waals surface area contributed by atoms with Crippen molar-refractivity contribution in [1.29, 1.82) is 0 Å². The highest BCUT2D eigenvalue weighted by molar-refractivity contribution is 5.74. The fourth-order valence-electron chi connectivity index (χ4n) is 3.41. The van der Waals surface area contributed by atoms with Crippen LogP contribution in [0, 0.1) is 0 Å². The number of H-pyrrole nitrogens is 1. The van der Waals surface area contributed by atoms with Crippen LogP contribution in [0.3, 0.4) is 0 Å². The second kappa shape index (κ2) is 6.84. The van der Waals surface area contributed by atoms with Crippen molar-refractivity contribution in [3.8, 4) is 0 Å². The fraction of sp³-hybridized carbons (Fsp3) is 0.368. The van der Waals surface area contributed by atoms with E-state index in [4.69, 9.17) is 0 Å². The van der Waals surface area contributed by atoms with Crippen LogP contribution in [-0.4, -0.2) is 42.7 Å². The third kappa shape index (κ3) is 3.17. The number of aryl methyl sites for hydroxylation is 2. The molecule has 3 aromatic heterocycles. The molecule has 0 radical (unpaired) electrons. The summed E-state index contributed by atoms with van der Waals surface area (Å²) >= 11 is 0. The highest BCUT2D eigenvalue weighted by Gasteiger charge is 2.16. The van der Waals surface area contributed by atoms with Gasteiger partial charge in [-0.15, -0.1) is 10.2 Å². The number of nitrogens with one attached hydrogen (secondary N) is 1. The third-order valence-corrected chi connectivity index (χ3v) is 4.90. The average molecular weight is 350 g/mol. The van der Waals surface area contributed by atoms with Crippen LogP contribution in [0.2, 0.25) is 0 Å². The number of rotatable bonds is 4. The summed E-state index contributed by atoms with van der Waals surface area (Å²) in [6.07, 6.45) is 7.51. The van der Waals surface area contributed by atoms with E-state index >= 15 is 0 Å². The summed E-state index contributed by atoms with van der Waals surface area (Å²) in [4.78, 5) is 21.9. The lowest BCUT2D eigenvalue weighted by Crippen LogP contribution is -2.28. The van der Waals surface area contributed by atoms with E-state index in [9.17, 15) is 4.79 Å². The van der Waals surface area contributed by atoms with Crippen LogP contribution in [-0.2, 0) is 20.0 Å². The molecule has 26 heavy (non-hydrogen) atoms. The molecule has 4 heterocycles. The highest BCUT2D eigenvalue weighted by Crippen LogP contribution is 2.21. The Balaban J connectivity index is 1.50. The van der Waals surface area contributed by atoms with Crippen LogP contribution < -0.4 is 5.56 Å². The van der Waals surface area contributed by atoms with Gasteiger partial charge in [-0.05, 0) is 36.1 Å². The third-order valence-electron chi connectivity index (χ3n) is 4.90. The molecule has 0 fully saturated rings. The molecule has 4 rings (SSSR count). The van der Waals surface area contributed by atoms with E-state index in [-0.39, 0.29) is 5.56 Å². The Hall–Kier alpha value is -2.80. The summed E-state index contributed by atoms with van der Waals surface area (Å²) in [5.74, 6) is 0.946. The summed E-state index contributed by atoms with van der Waals surface area (Å²) < 4.78 is 1.95. The number of hydrogen-bond acceptors (Lipinski definition) is 5. The van der Waals surface area contributed by atoms with Gasteiger partial charge in [0.2, 0.25) is 0 Å². The van der Waals surface area contributed by atoms with Crippen LogP contribution in [0.1, 0.15) is 30.3 Å². The summed E-state index contributed by atoms with van der Waals surface area (Å²) in [7, 11) is 1.97. The highest BCUT2D eigenvalue weighted by atomic mass is 16.1. The maximum absolute atomic E-state index is 12.0. The zero-order valence-electron chi connectivity index (χ0n) is 15.1. The first-order valence-electron chi connectivity index (χ1n) is 8.90. The zero-order chi connectivity index (χ0) is 18.1. The van der Waals surface area contributed by atoms with Gasteiger partial charge in [-0.2, -0.15) is 0 Å². The molecular formula is C19H22N6O. The van der Waals surface area contributed by atoms with Crippen molar-refractivity contribution in [2.45, 2.75) is 26.3 Å². The van der Waals surface area contributed by atoms with E-state index in [0.717, 1.165) is 54.0 Å². The Kier molecular flexibility index (Phi) is 4.38. The summed E-state index contributed by atoms with van der Waals surface area (Å²) in [5.41, 5.74) is 4.75. The van der Waals surface area contributed by atoms with Gasteiger partial charge < -0.3 is 9.55 Å². The summed E-state index contributed by atoms with van der Waals surface area (Å²) in [6, 6.07) is 3.92. The van der Waals surface area contributed by atoms with Crippen molar-refractivity contribution in [1.82, 2.24) is 29.6 Å². The molecule has 0 aliphatic carbocycles. The molecule has 134 valence electrons. The number of nitrogens with zero attached hydrogens (tertiary/aromatic N) is 5. The topological polar surface area (TPSA) is 79.7 Å². The van der Waals surface area contributed by atoms with Crippen molar-refractivity contribution in [2.75, 3.05) is 13.1 Å². The van der Waals surface area contributed by atoms with E-state index in [2.05, 4.69) is 31.1 Å². The van der Waals surface area contributed by atoms with Crippen molar-refractivity contribution < 1.29 is 0 Å². The molecule has 0 spiro atoms. The van der Waals surface area contributed by atoms with Crippen molar-refractivity contribution in [2.24, 2.45) is 7.05 Å². The first kappa shape index (κ1) is 16.7. The van der Waals surface area contributed by atoms with Gasteiger partial charge in [0.15, 0.2) is 5.82 Å². The number of fused-ring (bicyclic) bond motifs is 1. The first-order chi connectivity index (χ1) is 12.6. The fourth-order valence-corrected chi connectivity index (χ4v) is 3.41. The molecule has 7 nitrogen and oxygen atoms in total. The Bertz CT molecular complexity index is 1030. The standard InChI is InChI=1S/C19H22N6O/c1-3-14-9-16-17(22-19(14)26)8-13(10-20-16)11-25-6-4-15(5-7-25)18-23-21-12-24(18)2/h4,8-10,12H,3,5-7,11H2,1-2H3,(H,22,26). The van der Waals surface area contributed by atoms with Crippen molar-refractivity contribution >= 4 is 16.6 Å². The predicted octanol–water partition coefficient (Wildman–Crippen LogP) is 1.90. The van der Waals surface area contributed by atoms with Crippen molar-refractivity contribution in [3.05, 3.63) is 58.0 Å². The lowest BCUT2D eigenvalue weighted by Gasteiger charge is -2.25. The minimum atomic E-state index is -0.0202. The maximum Gasteiger partial charge on any atom is 0.251 e. The zero-order valence-corrected chi connectivity index (χ0v) is 15.1. The van der Waals surface area contributed by atoms with E-state index < -0.39 is 0 Å². The van der Waals surface area contributed by atoms with Gasteiger partial charge in [-0.25, -0.2) is 0 Å². The monoisotopic (exact) mass is 350 g/mol. The minimum Gasteiger partial charge on any atom is -0.320 e. The molecule has 0 amide bonds. The lowest BCUT2D eigenvalue weighted by atomic mass is 10.1. The normalized spacial score (nSPS) is 15.4. The number of aromatic amines is 1. The van der Waals surface area contributed by atoms with Crippen molar-refractivity contribution in [3.63, 3.8) is 0 Å². The van der Waals surface area contributed by atoms with E-state index in [1.165, 1.54) is 5.57 Å². The van der Waals surface area contributed by atoms with Gasteiger partial charge >= 0.3 is 0 Å². The quantitative estimate of drug-likeness (QED) is 0.777. The molecule has 0 saturated heterocycles. The Morgan fingerprint density at radius 3 is 2.88 bits per heavy atom. The molecule has 1 aliphatic heterocycles. The van der Waals surface area contributed by atoms with Crippen LogP contribution in [0.25, 0.3) is 16.6 Å². The average Bonchev–Trinajstić information content (AvgIpc) is 3.08. The van der Waals surface area contributed by atoms with E-state index in [1.807, 2.05) is 36.9 Å². The smallest absolute Gasteiger partial charge is 0.251 e. The summed E-state index contributed by atoms with van der Waals surface area (Å²) in [6.45, 7) is 4.61. The second-order valence-electron chi connectivity index (χ2n) is 6.73. The van der Waals surface area contributed by atoms with Gasteiger partial charge in [0.25, 0.3) is 5.56 Å². The number of hydrogen-bond donors (Lipinski definition) is 1. The molecule has 0 aromatic carbocycles. The minimum absolute atomic E-state index is 0.0202. The number of aromatic nitrogens is 5. The van der Waals surface area contributed by atoms with Gasteiger partial charge in [0, 0.05) is 38.4 Å². The van der Waals surface area contributed by atoms with Gasteiger partial charge in [-0.1, -0.05) is 13.0 Å². The second-order valence-corrected chi connectivity index (χ2v) is 6.73. The molecular weight excluding hydrogens is 328 g/mol. The molecule has 1 aliphatic rings.